The first-order valence-corrected chi connectivity index (χ1v) is 5.71. The Morgan fingerprint density at radius 1 is 1.33 bits per heavy atom. The van der Waals surface area contributed by atoms with E-state index in [1.165, 1.54) is 24.0 Å². The summed E-state index contributed by atoms with van der Waals surface area (Å²) in [5.41, 5.74) is 3.60. The quantitative estimate of drug-likeness (QED) is 0.749. The van der Waals surface area contributed by atoms with E-state index in [-0.39, 0.29) is 0 Å². The summed E-state index contributed by atoms with van der Waals surface area (Å²) in [6.07, 6.45) is 2.49. The molecule has 0 aliphatic heterocycles. The van der Waals surface area contributed by atoms with Gasteiger partial charge in [0.25, 0.3) is 0 Å². The Kier molecular flexibility index (Phi) is 2.91. The van der Waals surface area contributed by atoms with Gasteiger partial charge in [0.05, 0.1) is 0 Å². The van der Waals surface area contributed by atoms with E-state index in [0.29, 0.717) is 6.04 Å². The molecule has 1 aliphatic carbocycles. The predicted octanol–water partition coefficient (Wildman–Crippen LogP) is 2.75. The number of benzene rings is 1. The van der Waals surface area contributed by atoms with Gasteiger partial charge in [0, 0.05) is 11.7 Å². The Labute approximate surface area is 96.1 Å². The van der Waals surface area contributed by atoms with Crippen molar-refractivity contribution in [2.24, 2.45) is 0 Å². The third kappa shape index (κ3) is 2.93. The Balaban J connectivity index is 1.99. The SMILES string of the molecule is Cc1ccc(NC(=S)NC2CC2)c(C)c1. The molecule has 0 saturated heterocycles. The van der Waals surface area contributed by atoms with Crippen molar-refractivity contribution in [2.75, 3.05) is 5.32 Å². The summed E-state index contributed by atoms with van der Waals surface area (Å²) < 4.78 is 0. The highest BCUT2D eigenvalue weighted by atomic mass is 32.1. The first-order valence-electron chi connectivity index (χ1n) is 5.30. The van der Waals surface area contributed by atoms with Gasteiger partial charge < -0.3 is 10.6 Å². The maximum absolute atomic E-state index is 5.22. The topological polar surface area (TPSA) is 24.1 Å². The van der Waals surface area contributed by atoms with Gasteiger partial charge in [-0.25, -0.2) is 0 Å². The summed E-state index contributed by atoms with van der Waals surface area (Å²) in [7, 11) is 0. The molecule has 0 bridgehead atoms. The molecule has 80 valence electrons. The zero-order chi connectivity index (χ0) is 10.8. The van der Waals surface area contributed by atoms with Crippen LogP contribution in [0.25, 0.3) is 0 Å². The molecule has 3 heteroatoms. The van der Waals surface area contributed by atoms with Gasteiger partial charge in [-0.15, -0.1) is 0 Å². The summed E-state index contributed by atoms with van der Waals surface area (Å²) in [6.45, 7) is 4.19. The van der Waals surface area contributed by atoms with Crippen LogP contribution in [0.3, 0.4) is 0 Å². The highest BCUT2D eigenvalue weighted by Gasteiger charge is 2.21. The molecule has 2 nitrogen and oxygen atoms in total. The monoisotopic (exact) mass is 220 g/mol. The molecule has 0 spiro atoms. The highest BCUT2D eigenvalue weighted by Crippen LogP contribution is 2.20. The number of thiocarbonyl (C=S) groups is 1. The second-order valence-corrected chi connectivity index (χ2v) is 4.60. The Morgan fingerprint density at radius 3 is 2.67 bits per heavy atom. The zero-order valence-electron chi connectivity index (χ0n) is 9.13. The second kappa shape index (κ2) is 4.19. The molecule has 0 heterocycles. The second-order valence-electron chi connectivity index (χ2n) is 4.19. The van der Waals surface area contributed by atoms with Crippen LogP contribution in [0.1, 0.15) is 24.0 Å². The molecule has 1 fully saturated rings. The molecule has 2 rings (SSSR count). The van der Waals surface area contributed by atoms with E-state index in [1.807, 2.05) is 0 Å². The number of nitrogens with one attached hydrogen (secondary N) is 2. The minimum absolute atomic E-state index is 0.607. The van der Waals surface area contributed by atoms with Crippen LogP contribution < -0.4 is 10.6 Å². The van der Waals surface area contributed by atoms with E-state index in [0.717, 1.165) is 10.8 Å². The van der Waals surface area contributed by atoms with Gasteiger partial charge in [-0.2, -0.15) is 0 Å². The van der Waals surface area contributed by atoms with E-state index in [1.54, 1.807) is 0 Å². The first kappa shape index (κ1) is 10.4. The third-order valence-corrected chi connectivity index (χ3v) is 2.76. The first-order chi connectivity index (χ1) is 7.15. The Bertz CT molecular complexity index is 383. The summed E-state index contributed by atoms with van der Waals surface area (Å²) in [6, 6.07) is 6.93. The van der Waals surface area contributed by atoms with E-state index >= 15 is 0 Å². The molecule has 1 saturated carbocycles. The van der Waals surface area contributed by atoms with E-state index in [4.69, 9.17) is 12.2 Å². The van der Waals surface area contributed by atoms with Crippen LogP contribution in [0.2, 0.25) is 0 Å². The summed E-state index contributed by atoms with van der Waals surface area (Å²) in [4.78, 5) is 0. The van der Waals surface area contributed by atoms with Gasteiger partial charge >= 0.3 is 0 Å². The maximum atomic E-state index is 5.22. The predicted molar refractivity (Wildman–Crippen MR) is 68.3 cm³/mol. The van der Waals surface area contributed by atoms with Crippen LogP contribution in [-0.2, 0) is 0 Å². The lowest BCUT2D eigenvalue weighted by Gasteiger charge is -2.12. The van der Waals surface area contributed by atoms with Crippen LogP contribution in [-0.4, -0.2) is 11.2 Å². The largest absolute Gasteiger partial charge is 0.360 e. The minimum atomic E-state index is 0.607. The van der Waals surface area contributed by atoms with Crippen molar-refractivity contribution in [3.63, 3.8) is 0 Å². The van der Waals surface area contributed by atoms with Crippen molar-refractivity contribution in [1.82, 2.24) is 5.32 Å². The van der Waals surface area contributed by atoms with Gasteiger partial charge in [0.15, 0.2) is 5.11 Å². The van der Waals surface area contributed by atoms with Gasteiger partial charge in [0.1, 0.15) is 0 Å². The average Bonchev–Trinajstić information content (AvgIpc) is 2.94. The Hall–Kier alpha value is -1.09. The molecule has 0 amide bonds. The number of anilines is 1. The van der Waals surface area contributed by atoms with Crippen molar-refractivity contribution in [2.45, 2.75) is 32.7 Å². The fraction of sp³-hybridized carbons (Fsp3) is 0.417. The van der Waals surface area contributed by atoms with Gasteiger partial charge in [0.2, 0.25) is 0 Å². The lowest BCUT2D eigenvalue weighted by molar-refractivity contribution is 0.919. The highest BCUT2D eigenvalue weighted by molar-refractivity contribution is 7.80. The van der Waals surface area contributed by atoms with E-state index in [9.17, 15) is 0 Å². The number of aryl methyl sites for hydroxylation is 2. The van der Waals surface area contributed by atoms with Crippen LogP contribution >= 0.6 is 12.2 Å². The number of hydrogen-bond donors (Lipinski definition) is 2. The van der Waals surface area contributed by atoms with E-state index in [2.05, 4.69) is 42.7 Å². The standard InChI is InChI=1S/C12H16N2S/c1-8-3-6-11(9(2)7-8)14-12(15)13-10-4-5-10/h3,6-7,10H,4-5H2,1-2H3,(H2,13,14,15). The van der Waals surface area contributed by atoms with E-state index < -0.39 is 0 Å². The summed E-state index contributed by atoms with van der Waals surface area (Å²) in [5, 5.41) is 7.23. The van der Waals surface area contributed by atoms with Crippen molar-refractivity contribution in [3.05, 3.63) is 29.3 Å². The van der Waals surface area contributed by atoms with Crippen molar-refractivity contribution in [1.29, 1.82) is 0 Å². The number of hydrogen-bond acceptors (Lipinski definition) is 1. The molecule has 1 aliphatic rings. The molecule has 0 unspecified atom stereocenters. The van der Waals surface area contributed by atoms with Crippen LogP contribution in [0.4, 0.5) is 5.69 Å². The van der Waals surface area contributed by atoms with Crippen LogP contribution in [0.15, 0.2) is 18.2 Å². The van der Waals surface area contributed by atoms with Gasteiger partial charge in [-0.3, -0.25) is 0 Å². The van der Waals surface area contributed by atoms with Crippen molar-refractivity contribution < 1.29 is 0 Å². The fourth-order valence-electron chi connectivity index (χ4n) is 1.53. The lowest BCUT2D eigenvalue weighted by atomic mass is 10.1. The molecular formula is C12H16N2S. The molecule has 15 heavy (non-hydrogen) atoms. The normalized spacial score (nSPS) is 14.8. The Morgan fingerprint density at radius 2 is 2.07 bits per heavy atom. The summed E-state index contributed by atoms with van der Waals surface area (Å²) in [5.74, 6) is 0. The average molecular weight is 220 g/mol. The molecule has 2 N–H and O–H groups in total. The summed E-state index contributed by atoms with van der Waals surface area (Å²) >= 11 is 5.22. The van der Waals surface area contributed by atoms with Gasteiger partial charge in [-0.05, 0) is 50.5 Å². The van der Waals surface area contributed by atoms with Crippen LogP contribution in [0, 0.1) is 13.8 Å². The third-order valence-electron chi connectivity index (χ3n) is 2.54. The smallest absolute Gasteiger partial charge is 0.171 e. The van der Waals surface area contributed by atoms with Crippen molar-refractivity contribution in [3.8, 4) is 0 Å². The zero-order valence-corrected chi connectivity index (χ0v) is 9.95. The van der Waals surface area contributed by atoms with Crippen molar-refractivity contribution >= 4 is 23.0 Å². The minimum Gasteiger partial charge on any atom is -0.360 e. The molecule has 1 aromatic rings. The molecule has 0 aromatic heterocycles. The van der Waals surface area contributed by atoms with Gasteiger partial charge in [-0.1, -0.05) is 17.7 Å². The molecular weight excluding hydrogens is 204 g/mol. The van der Waals surface area contributed by atoms with Crippen LogP contribution in [0.5, 0.6) is 0 Å². The molecule has 0 atom stereocenters. The lowest BCUT2D eigenvalue weighted by Crippen LogP contribution is -2.30. The number of rotatable bonds is 2. The molecule has 1 aromatic carbocycles. The maximum Gasteiger partial charge on any atom is 0.171 e. The molecule has 0 radical (unpaired) electrons. The fourth-order valence-corrected chi connectivity index (χ4v) is 1.80.